The highest BCUT2D eigenvalue weighted by Crippen LogP contribution is 2.17. The molecule has 23 heavy (non-hydrogen) atoms. The molecule has 0 radical (unpaired) electrons. The van der Waals surface area contributed by atoms with Crippen molar-refractivity contribution in [3.63, 3.8) is 0 Å². The minimum absolute atomic E-state index is 0.0190. The molecule has 1 aromatic rings. The molecule has 0 saturated carbocycles. The van der Waals surface area contributed by atoms with Crippen molar-refractivity contribution in [3.05, 3.63) is 42.0 Å². The van der Waals surface area contributed by atoms with Crippen molar-refractivity contribution in [1.82, 2.24) is 4.31 Å². The highest BCUT2D eigenvalue weighted by Gasteiger charge is 2.24. The third-order valence-electron chi connectivity index (χ3n) is 2.97. The highest BCUT2D eigenvalue weighted by molar-refractivity contribution is 7.89. The van der Waals surface area contributed by atoms with Crippen LogP contribution in [0.1, 0.15) is 19.4 Å². The van der Waals surface area contributed by atoms with Crippen LogP contribution < -0.4 is 0 Å². The number of carbonyl (C=O) groups is 1. The molecule has 0 saturated heterocycles. The summed E-state index contributed by atoms with van der Waals surface area (Å²) in [6.07, 6.45) is 0. The first-order valence-corrected chi connectivity index (χ1v) is 8.48. The lowest BCUT2D eigenvalue weighted by atomic mass is 10.2. The summed E-state index contributed by atoms with van der Waals surface area (Å²) in [4.78, 5) is 11.0. The van der Waals surface area contributed by atoms with Gasteiger partial charge in [-0.1, -0.05) is 30.2 Å². The van der Waals surface area contributed by atoms with E-state index in [0.29, 0.717) is 5.57 Å². The number of carbonyl (C=O) groups excluding carboxylic acids is 1. The van der Waals surface area contributed by atoms with Crippen molar-refractivity contribution < 1.29 is 17.9 Å². The van der Waals surface area contributed by atoms with Gasteiger partial charge in [-0.25, -0.2) is 8.42 Å². The molecular weight excluding hydrogens is 314 g/mol. The number of esters is 1. The van der Waals surface area contributed by atoms with Gasteiger partial charge in [-0.2, -0.15) is 4.31 Å². The molecule has 0 aromatic heterocycles. The summed E-state index contributed by atoms with van der Waals surface area (Å²) >= 11 is 0. The van der Waals surface area contributed by atoms with Gasteiger partial charge >= 0.3 is 5.97 Å². The fourth-order valence-electron chi connectivity index (χ4n) is 1.75. The lowest BCUT2D eigenvalue weighted by Crippen LogP contribution is -2.34. The summed E-state index contributed by atoms with van der Waals surface area (Å²) in [6.45, 7) is 8.65. The van der Waals surface area contributed by atoms with Gasteiger partial charge in [0.05, 0.1) is 11.4 Å². The summed E-state index contributed by atoms with van der Waals surface area (Å²) < 4.78 is 31.5. The molecule has 0 atom stereocenters. The highest BCUT2D eigenvalue weighted by atomic mass is 32.2. The quantitative estimate of drug-likeness (QED) is 0.435. The second-order valence-corrected chi connectivity index (χ2v) is 6.98. The normalized spacial score (nSPS) is 10.8. The Morgan fingerprint density at radius 1 is 1.30 bits per heavy atom. The fraction of sp³-hybridized carbons (Fsp3) is 0.353. The molecule has 0 aliphatic heterocycles. The smallest absolute Gasteiger partial charge is 0.302 e. The Balaban J connectivity index is 2.99. The maximum Gasteiger partial charge on any atom is 0.302 e. The molecule has 0 spiro atoms. The van der Waals surface area contributed by atoms with E-state index < -0.39 is 16.0 Å². The number of rotatable bonds is 7. The van der Waals surface area contributed by atoms with Crippen molar-refractivity contribution >= 4 is 16.0 Å². The fourth-order valence-corrected chi connectivity index (χ4v) is 3.12. The molecule has 0 unspecified atom stereocenters. The first-order valence-electron chi connectivity index (χ1n) is 7.03. The lowest BCUT2D eigenvalue weighted by molar-refractivity contribution is -0.140. The van der Waals surface area contributed by atoms with Crippen LogP contribution in [0, 0.1) is 18.8 Å². The Morgan fingerprint density at radius 3 is 2.43 bits per heavy atom. The lowest BCUT2D eigenvalue weighted by Gasteiger charge is -2.21. The Kier molecular flexibility index (Phi) is 7.01. The molecule has 1 aromatic carbocycles. The third kappa shape index (κ3) is 5.89. The molecule has 0 bridgehead atoms. The van der Waals surface area contributed by atoms with Crippen LogP contribution in [0.5, 0.6) is 0 Å². The summed E-state index contributed by atoms with van der Waals surface area (Å²) in [5, 5.41) is 0. The van der Waals surface area contributed by atoms with Crippen molar-refractivity contribution in [2.24, 2.45) is 0 Å². The topological polar surface area (TPSA) is 63.7 Å². The number of aryl methyl sites for hydroxylation is 1. The van der Waals surface area contributed by atoms with Gasteiger partial charge in [0.1, 0.15) is 6.61 Å². The molecule has 0 fully saturated rings. The molecule has 0 N–H and O–H groups in total. The van der Waals surface area contributed by atoms with Crippen LogP contribution in [0.4, 0.5) is 0 Å². The molecule has 0 heterocycles. The SMILES string of the molecule is C=C(COC(C)=O)CN(CC#CC)S(=O)(=O)c1ccc(C)cc1. The standard InChI is InChI=1S/C17H21NO4S/c1-5-6-11-18(12-15(3)13-22-16(4)19)23(20,21)17-9-7-14(2)8-10-17/h7-10H,3,11-13H2,1-2,4H3. The van der Waals surface area contributed by atoms with Gasteiger partial charge in [-0.3, -0.25) is 4.79 Å². The van der Waals surface area contributed by atoms with Crippen molar-refractivity contribution in [3.8, 4) is 11.8 Å². The number of sulfonamides is 1. The van der Waals surface area contributed by atoms with Crippen LogP contribution in [0.15, 0.2) is 41.3 Å². The Hall–Kier alpha value is -2.10. The second-order valence-electron chi connectivity index (χ2n) is 5.04. The van der Waals surface area contributed by atoms with E-state index in [1.807, 2.05) is 6.92 Å². The maximum absolute atomic E-state index is 12.7. The first kappa shape index (κ1) is 18.9. The van der Waals surface area contributed by atoms with E-state index in [1.165, 1.54) is 11.2 Å². The van der Waals surface area contributed by atoms with Gasteiger partial charge in [-0.05, 0) is 31.6 Å². The van der Waals surface area contributed by atoms with Gasteiger partial charge in [0.25, 0.3) is 0 Å². The zero-order chi connectivity index (χ0) is 17.5. The van der Waals surface area contributed by atoms with E-state index in [-0.39, 0.29) is 24.6 Å². The largest absolute Gasteiger partial charge is 0.461 e. The third-order valence-corrected chi connectivity index (χ3v) is 4.78. The minimum Gasteiger partial charge on any atom is -0.461 e. The van der Waals surface area contributed by atoms with Gasteiger partial charge < -0.3 is 4.74 Å². The number of hydrogen-bond donors (Lipinski definition) is 0. The zero-order valence-corrected chi connectivity index (χ0v) is 14.4. The molecule has 5 nitrogen and oxygen atoms in total. The summed E-state index contributed by atoms with van der Waals surface area (Å²) in [6, 6.07) is 6.60. The molecule has 0 aliphatic carbocycles. The summed E-state index contributed by atoms with van der Waals surface area (Å²) in [7, 11) is -3.69. The Bertz CT molecular complexity index is 724. The van der Waals surface area contributed by atoms with E-state index in [1.54, 1.807) is 31.2 Å². The molecule has 124 valence electrons. The number of benzene rings is 1. The van der Waals surface area contributed by atoms with Crippen LogP contribution in [0.2, 0.25) is 0 Å². The first-order chi connectivity index (χ1) is 10.8. The van der Waals surface area contributed by atoms with Gasteiger partial charge in [0.2, 0.25) is 10.0 Å². The van der Waals surface area contributed by atoms with E-state index in [0.717, 1.165) is 5.56 Å². The van der Waals surface area contributed by atoms with Crippen molar-refractivity contribution in [2.75, 3.05) is 19.7 Å². The number of nitrogens with zero attached hydrogens (tertiary/aromatic N) is 1. The Morgan fingerprint density at radius 2 is 1.91 bits per heavy atom. The van der Waals surface area contributed by atoms with E-state index in [2.05, 4.69) is 18.4 Å². The van der Waals surface area contributed by atoms with E-state index >= 15 is 0 Å². The number of hydrogen-bond acceptors (Lipinski definition) is 4. The van der Waals surface area contributed by atoms with E-state index in [9.17, 15) is 13.2 Å². The molecule has 0 aliphatic rings. The van der Waals surface area contributed by atoms with Crippen LogP contribution in [0.25, 0.3) is 0 Å². The van der Waals surface area contributed by atoms with E-state index in [4.69, 9.17) is 4.74 Å². The molecular formula is C17H21NO4S. The molecule has 1 rings (SSSR count). The average Bonchev–Trinajstić information content (AvgIpc) is 2.49. The van der Waals surface area contributed by atoms with Gasteiger partial charge in [-0.15, -0.1) is 5.92 Å². The van der Waals surface area contributed by atoms with Crippen LogP contribution in [-0.2, 0) is 19.6 Å². The zero-order valence-electron chi connectivity index (χ0n) is 13.6. The van der Waals surface area contributed by atoms with Crippen LogP contribution in [0.3, 0.4) is 0 Å². The van der Waals surface area contributed by atoms with Gasteiger partial charge in [0.15, 0.2) is 0 Å². The molecule has 0 amide bonds. The Labute approximate surface area is 138 Å². The number of ether oxygens (including phenoxy) is 1. The minimum atomic E-state index is -3.69. The van der Waals surface area contributed by atoms with Crippen molar-refractivity contribution in [1.29, 1.82) is 0 Å². The maximum atomic E-state index is 12.7. The monoisotopic (exact) mass is 335 g/mol. The summed E-state index contributed by atoms with van der Waals surface area (Å²) in [5.74, 6) is 5.00. The predicted molar refractivity (Wildman–Crippen MR) is 89.2 cm³/mol. The average molecular weight is 335 g/mol. The van der Waals surface area contributed by atoms with Gasteiger partial charge in [0, 0.05) is 13.5 Å². The predicted octanol–water partition coefficient (Wildman–Crippen LogP) is 2.13. The second kappa shape index (κ2) is 8.51. The van der Waals surface area contributed by atoms with Crippen LogP contribution in [-0.4, -0.2) is 38.4 Å². The summed E-state index contributed by atoms with van der Waals surface area (Å²) in [5.41, 5.74) is 1.46. The molecule has 6 heteroatoms. The van der Waals surface area contributed by atoms with Crippen molar-refractivity contribution in [2.45, 2.75) is 25.7 Å². The van der Waals surface area contributed by atoms with Crippen LogP contribution >= 0.6 is 0 Å².